The first-order chi connectivity index (χ1) is 13.2. The number of anilines is 2. The van der Waals surface area contributed by atoms with Crippen molar-refractivity contribution in [3.8, 4) is 0 Å². The van der Waals surface area contributed by atoms with Gasteiger partial charge in [-0.15, -0.1) is 11.3 Å². The number of thiophene rings is 1. The summed E-state index contributed by atoms with van der Waals surface area (Å²) in [5.74, 6) is 0.0617. The highest BCUT2D eigenvalue weighted by molar-refractivity contribution is 7.12. The molecule has 0 saturated carbocycles. The molecule has 2 aromatic heterocycles. The van der Waals surface area contributed by atoms with Gasteiger partial charge in [-0.25, -0.2) is 9.97 Å². The maximum Gasteiger partial charge on any atom is 0.265 e. The van der Waals surface area contributed by atoms with Crippen molar-refractivity contribution in [2.24, 2.45) is 0 Å². The first-order valence-corrected chi connectivity index (χ1v) is 9.78. The highest BCUT2D eigenvalue weighted by atomic mass is 35.5. The molecule has 2 N–H and O–H groups in total. The molecule has 0 unspecified atom stereocenters. The van der Waals surface area contributed by atoms with E-state index in [2.05, 4.69) is 20.6 Å². The molecule has 3 aromatic rings. The van der Waals surface area contributed by atoms with Gasteiger partial charge in [-0.3, -0.25) is 9.59 Å². The second-order valence-electron chi connectivity index (χ2n) is 7.13. The summed E-state index contributed by atoms with van der Waals surface area (Å²) in [6, 6.07) is 8.19. The molecular weight excluding hydrogens is 396 g/mol. The summed E-state index contributed by atoms with van der Waals surface area (Å²) in [7, 11) is 0. The highest BCUT2D eigenvalue weighted by Gasteiger charge is 2.17. The zero-order chi connectivity index (χ0) is 20.3. The lowest BCUT2D eigenvalue weighted by molar-refractivity contribution is 0.101. The summed E-state index contributed by atoms with van der Waals surface area (Å²) in [4.78, 5) is 33.9. The summed E-state index contributed by atoms with van der Waals surface area (Å²) in [6.07, 6.45) is 3.14. The van der Waals surface area contributed by atoms with Crippen LogP contribution in [0.25, 0.3) is 0 Å². The minimum absolute atomic E-state index is 0.172. The molecule has 0 atom stereocenters. The van der Waals surface area contributed by atoms with Gasteiger partial charge in [0.15, 0.2) is 0 Å². The van der Waals surface area contributed by atoms with Crippen molar-refractivity contribution in [2.45, 2.75) is 26.2 Å². The van der Waals surface area contributed by atoms with E-state index in [1.165, 1.54) is 17.4 Å². The molecule has 0 aliphatic heterocycles. The predicted molar refractivity (Wildman–Crippen MR) is 112 cm³/mol. The Morgan fingerprint density at radius 1 is 1.04 bits per heavy atom. The summed E-state index contributed by atoms with van der Waals surface area (Å²) >= 11 is 7.49. The molecular formula is C20H19ClN4O2S. The second-order valence-corrected chi connectivity index (χ2v) is 8.48. The molecule has 2 amide bonds. The van der Waals surface area contributed by atoms with E-state index < -0.39 is 0 Å². The second kappa shape index (κ2) is 8.08. The number of halogens is 1. The number of rotatable bonds is 4. The third kappa shape index (κ3) is 4.74. The maximum absolute atomic E-state index is 12.6. The van der Waals surface area contributed by atoms with Crippen LogP contribution in [0.4, 0.5) is 11.4 Å². The Kier molecular flexibility index (Phi) is 5.76. The number of nitrogens with one attached hydrogen (secondary N) is 2. The van der Waals surface area contributed by atoms with Crippen LogP contribution in [0.5, 0.6) is 0 Å². The van der Waals surface area contributed by atoms with Crippen LogP contribution in [0.1, 0.15) is 46.6 Å². The van der Waals surface area contributed by atoms with Crippen molar-refractivity contribution in [1.82, 2.24) is 9.97 Å². The SMILES string of the molecule is CC(C)(C)c1ncc(NC(=O)c2ccc(Cl)c(NC(=O)c3cccs3)c2)cn1. The Morgan fingerprint density at radius 2 is 1.75 bits per heavy atom. The first kappa shape index (κ1) is 20.0. The number of amides is 2. The fourth-order valence-electron chi connectivity index (χ4n) is 2.34. The minimum atomic E-state index is -0.351. The molecule has 3 rings (SSSR count). The summed E-state index contributed by atoms with van der Waals surface area (Å²) in [5, 5.41) is 7.64. The Balaban J connectivity index is 1.74. The smallest absolute Gasteiger partial charge is 0.265 e. The largest absolute Gasteiger partial charge is 0.320 e. The molecule has 0 bridgehead atoms. The van der Waals surface area contributed by atoms with E-state index in [9.17, 15) is 9.59 Å². The van der Waals surface area contributed by atoms with Gasteiger partial charge in [0.25, 0.3) is 11.8 Å². The number of carbonyl (C=O) groups excluding carboxylic acids is 2. The van der Waals surface area contributed by atoms with Crippen molar-refractivity contribution >= 4 is 46.1 Å². The Hall–Kier alpha value is -2.77. The Bertz CT molecular complexity index is 996. The first-order valence-electron chi connectivity index (χ1n) is 8.52. The van der Waals surface area contributed by atoms with Gasteiger partial charge in [-0.05, 0) is 29.6 Å². The van der Waals surface area contributed by atoms with Gasteiger partial charge in [0.05, 0.1) is 33.7 Å². The predicted octanol–water partition coefficient (Wildman–Crippen LogP) is 4.99. The van der Waals surface area contributed by atoms with E-state index in [0.717, 1.165) is 0 Å². The number of carbonyl (C=O) groups is 2. The third-order valence-electron chi connectivity index (χ3n) is 3.80. The van der Waals surface area contributed by atoms with Crippen LogP contribution in [-0.4, -0.2) is 21.8 Å². The fourth-order valence-corrected chi connectivity index (χ4v) is 3.12. The van der Waals surface area contributed by atoms with E-state index in [1.54, 1.807) is 36.7 Å². The summed E-state index contributed by atoms with van der Waals surface area (Å²) < 4.78 is 0. The fraction of sp³-hybridized carbons (Fsp3) is 0.200. The minimum Gasteiger partial charge on any atom is -0.320 e. The molecule has 0 saturated heterocycles. The van der Waals surface area contributed by atoms with Gasteiger partial charge in [0, 0.05) is 11.0 Å². The van der Waals surface area contributed by atoms with Gasteiger partial charge in [0.1, 0.15) is 5.82 Å². The van der Waals surface area contributed by atoms with Gasteiger partial charge >= 0.3 is 0 Å². The molecule has 0 spiro atoms. The van der Waals surface area contributed by atoms with Crippen LogP contribution < -0.4 is 10.6 Å². The zero-order valence-corrected chi connectivity index (χ0v) is 17.2. The number of hydrogen-bond acceptors (Lipinski definition) is 5. The van der Waals surface area contributed by atoms with Gasteiger partial charge in [0.2, 0.25) is 0 Å². The van der Waals surface area contributed by atoms with Crippen LogP contribution in [0.15, 0.2) is 48.1 Å². The number of aromatic nitrogens is 2. The number of benzene rings is 1. The van der Waals surface area contributed by atoms with Crippen LogP contribution in [0.3, 0.4) is 0 Å². The number of hydrogen-bond donors (Lipinski definition) is 2. The van der Waals surface area contributed by atoms with Crippen molar-refractivity contribution < 1.29 is 9.59 Å². The van der Waals surface area contributed by atoms with Crippen molar-refractivity contribution in [3.63, 3.8) is 0 Å². The van der Waals surface area contributed by atoms with E-state index >= 15 is 0 Å². The van der Waals surface area contributed by atoms with Crippen LogP contribution in [-0.2, 0) is 5.41 Å². The average molecular weight is 415 g/mol. The molecule has 1 aromatic carbocycles. The normalized spacial score (nSPS) is 11.1. The zero-order valence-electron chi connectivity index (χ0n) is 15.6. The van der Waals surface area contributed by atoms with Crippen LogP contribution in [0.2, 0.25) is 5.02 Å². The Morgan fingerprint density at radius 3 is 2.36 bits per heavy atom. The Labute approximate surface area is 172 Å². The molecule has 0 aliphatic carbocycles. The topological polar surface area (TPSA) is 84.0 Å². The highest BCUT2D eigenvalue weighted by Crippen LogP contribution is 2.25. The third-order valence-corrected chi connectivity index (χ3v) is 5.00. The quantitative estimate of drug-likeness (QED) is 0.629. The van der Waals surface area contributed by atoms with E-state index in [-0.39, 0.29) is 17.2 Å². The molecule has 6 nitrogen and oxygen atoms in total. The standard InChI is InChI=1S/C20H19ClN4O2S/c1-20(2,3)19-22-10-13(11-23-19)24-17(26)12-6-7-14(21)15(9-12)25-18(27)16-5-4-8-28-16/h4-11H,1-3H3,(H,24,26)(H,25,27). The van der Waals surface area contributed by atoms with E-state index in [1.807, 2.05) is 26.2 Å². The molecule has 2 heterocycles. The summed E-state index contributed by atoms with van der Waals surface area (Å²) in [5.41, 5.74) is 1.03. The number of nitrogens with zero attached hydrogens (tertiary/aromatic N) is 2. The molecule has 144 valence electrons. The lowest BCUT2D eigenvalue weighted by Gasteiger charge is -2.16. The van der Waals surface area contributed by atoms with E-state index in [0.29, 0.717) is 32.7 Å². The lowest BCUT2D eigenvalue weighted by atomic mass is 9.96. The molecule has 0 aliphatic rings. The van der Waals surface area contributed by atoms with Crippen molar-refractivity contribution in [1.29, 1.82) is 0 Å². The molecule has 0 fully saturated rings. The maximum atomic E-state index is 12.6. The van der Waals surface area contributed by atoms with Gasteiger partial charge in [-0.1, -0.05) is 38.4 Å². The lowest BCUT2D eigenvalue weighted by Crippen LogP contribution is -2.17. The molecule has 28 heavy (non-hydrogen) atoms. The molecule has 8 heteroatoms. The summed E-state index contributed by atoms with van der Waals surface area (Å²) in [6.45, 7) is 6.04. The van der Waals surface area contributed by atoms with E-state index in [4.69, 9.17) is 11.6 Å². The van der Waals surface area contributed by atoms with Crippen LogP contribution in [0, 0.1) is 0 Å². The molecule has 0 radical (unpaired) electrons. The average Bonchev–Trinajstić information content (AvgIpc) is 3.18. The van der Waals surface area contributed by atoms with Crippen molar-refractivity contribution in [3.05, 3.63) is 69.4 Å². The van der Waals surface area contributed by atoms with Gasteiger partial charge in [-0.2, -0.15) is 0 Å². The van der Waals surface area contributed by atoms with Crippen molar-refractivity contribution in [2.75, 3.05) is 10.6 Å². The van der Waals surface area contributed by atoms with Crippen LogP contribution >= 0.6 is 22.9 Å². The monoisotopic (exact) mass is 414 g/mol. The van der Waals surface area contributed by atoms with Gasteiger partial charge < -0.3 is 10.6 Å².